The van der Waals surface area contributed by atoms with Crippen LogP contribution in [0.4, 0.5) is 10.3 Å². The average molecular weight is 457 g/mol. The summed E-state index contributed by atoms with van der Waals surface area (Å²) in [6.45, 7) is 2.60. The molecular weight excluding hydrogens is 439 g/mol. The molecule has 0 saturated heterocycles. The van der Waals surface area contributed by atoms with Gasteiger partial charge in [-0.1, -0.05) is 23.7 Å². The molecule has 0 aliphatic heterocycles. The van der Waals surface area contributed by atoms with E-state index in [2.05, 4.69) is 15.4 Å². The van der Waals surface area contributed by atoms with E-state index < -0.39 is 0 Å². The molecule has 1 amide bonds. The van der Waals surface area contributed by atoms with Crippen LogP contribution in [0.5, 0.6) is 5.75 Å². The Bertz CT molecular complexity index is 1220. The fraction of sp³-hybridized carbons (Fsp3) is 0.136. The molecule has 6 nitrogen and oxygen atoms in total. The molecule has 2 heterocycles. The molecule has 0 saturated carbocycles. The van der Waals surface area contributed by atoms with Crippen molar-refractivity contribution in [2.75, 3.05) is 5.32 Å². The summed E-state index contributed by atoms with van der Waals surface area (Å²) in [5.41, 5.74) is 2.57. The number of halogens is 2. The summed E-state index contributed by atoms with van der Waals surface area (Å²) in [6.07, 6.45) is 1.49. The Morgan fingerprint density at radius 1 is 1.23 bits per heavy atom. The van der Waals surface area contributed by atoms with Gasteiger partial charge < -0.3 is 4.74 Å². The zero-order chi connectivity index (χ0) is 21.8. The highest BCUT2D eigenvalue weighted by Crippen LogP contribution is 2.23. The first-order chi connectivity index (χ1) is 15.0. The largest absolute Gasteiger partial charge is 0.489 e. The van der Waals surface area contributed by atoms with Crippen LogP contribution in [0.3, 0.4) is 0 Å². The van der Waals surface area contributed by atoms with E-state index in [1.54, 1.807) is 30.3 Å². The Balaban J connectivity index is 1.33. The summed E-state index contributed by atoms with van der Waals surface area (Å²) >= 11 is 7.34. The molecule has 2 aromatic heterocycles. The second kappa shape index (κ2) is 9.28. The minimum absolute atomic E-state index is 0.184. The van der Waals surface area contributed by atoms with Gasteiger partial charge in [-0.05, 0) is 59.8 Å². The third kappa shape index (κ3) is 5.48. The Morgan fingerprint density at radius 2 is 2.10 bits per heavy atom. The van der Waals surface area contributed by atoms with Crippen molar-refractivity contribution in [1.29, 1.82) is 0 Å². The van der Waals surface area contributed by atoms with Crippen molar-refractivity contribution in [1.82, 2.24) is 14.8 Å². The number of carbonyl (C=O) groups excluding carboxylic acids is 1. The number of nitrogens with zero attached hydrogens (tertiary/aromatic N) is 3. The number of rotatable bonds is 7. The van der Waals surface area contributed by atoms with E-state index >= 15 is 0 Å². The number of carbonyl (C=O) groups is 1. The average Bonchev–Trinajstić information content (AvgIpc) is 3.38. The van der Waals surface area contributed by atoms with Gasteiger partial charge in [-0.2, -0.15) is 0 Å². The lowest BCUT2D eigenvalue weighted by Gasteiger charge is -2.06. The Labute approximate surface area is 187 Å². The van der Waals surface area contributed by atoms with E-state index in [0.717, 1.165) is 16.7 Å². The van der Waals surface area contributed by atoms with Crippen LogP contribution in [0.15, 0.2) is 60.2 Å². The Hall–Kier alpha value is -3.23. The number of thiophene rings is 1. The highest BCUT2D eigenvalue weighted by atomic mass is 35.5. The van der Waals surface area contributed by atoms with Gasteiger partial charge in [-0.25, -0.2) is 14.1 Å². The minimum Gasteiger partial charge on any atom is -0.489 e. The standard InChI is InChI=1S/C22H18ClFN4O2S/c1-14-7-18(5-6-19(14)23)30-11-16-9-20(31-12-16)21(29)26-22-25-13-28(27-22)10-15-3-2-4-17(24)8-15/h2-9,12-13H,10-11H2,1H3,(H,26,27,29). The molecule has 0 bridgehead atoms. The highest BCUT2D eigenvalue weighted by Gasteiger charge is 2.13. The molecule has 0 unspecified atom stereocenters. The maximum absolute atomic E-state index is 13.3. The summed E-state index contributed by atoms with van der Waals surface area (Å²) in [5, 5.41) is 9.45. The first kappa shape index (κ1) is 21.0. The summed E-state index contributed by atoms with van der Waals surface area (Å²) < 4.78 is 20.6. The van der Waals surface area contributed by atoms with Gasteiger partial charge in [0, 0.05) is 10.6 Å². The summed E-state index contributed by atoms with van der Waals surface area (Å²) in [4.78, 5) is 17.1. The third-order valence-electron chi connectivity index (χ3n) is 4.41. The first-order valence-corrected chi connectivity index (χ1v) is 10.6. The van der Waals surface area contributed by atoms with Crippen LogP contribution in [0, 0.1) is 12.7 Å². The minimum atomic E-state index is -0.310. The molecule has 0 aliphatic rings. The van der Waals surface area contributed by atoms with Gasteiger partial charge in [-0.3, -0.25) is 10.1 Å². The van der Waals surface area contributed by atoms with E-state index in [1.807, 2.05) is 18.4 Å². The molecule has 31 heavy (non-hydrogen) atoms. The number of benzene rings is 2. The number of nitrogens with one attached hydrogen (secondary N) is 1. The lowest BCUT2D eigenvalue weighted by Crippen LogP contribution is -2.12. The SMILES string of the molecule is Cc1cc(OCc2csc(C(=O)Nc3ncn(Cc4cccc(F)c4)n3)c2)ccc1Cl. The van der Waals surface area contributed by atoms with Gasteiger partial charge in [0.25, 0.3) is 5.91 Å². The molecule has 1 N–H and O–H groups in total. The van der Waals surface area contributed by atoms with Crippen molar-refractivity contribution < 1.29 is 13.9 Å². The number of hydrogen-bond acceptors (Lipinski definition) is 5. The zero-order valence-corrected chi connectivity index (χ0v) is 18.1. The molecule has 0 fully saturated rings. The van der Waals surface area contributed by atoms with Crippen LogP contribution < -0.4 is 10.1 Å². The summed E-state index contributed by atoms with van der Waals surface area (Å²) in [7, 11) is 0. The van der Waals surface area contributed by atoms with Crippen molar-refractivity contribution in [2.24, 2.45) is 0 Å². The Kier molecular flexibility index (Phi) is 6.29. The van der Waals surface area contributed by atoms with E-state index in [1.165, 1.54) is 34.5 Å². The lowest BCUT2D eigenvalue weighted by molar-refractivity contribution is 0.102. The lowest BCUT2D eigenvalue weighted by atomic mass is 10.2. The Morgan fingerprint density at radius 3 is 2.90 bits per heavy atom. The molecule has 0 aliphatic carbocycles. The second-order valence-corrected chi connectivity index (χ2v) is 8.19. The van der Waals surface area contributed by atoms with Crippen molar-refractivity contribution in [3.63, 3.8) is 0 Å². The van der Waals surface area contributed by atoms with E-state index in [0.29, 0.717) is 28.8 Å². The fourth-order valence-electron chi connectivity index (χ4n) is 2.86. The fourth-order valence-corrected chi connectivity index (χ4v) is 3.77. The maximum Gasteiger partial charge on any atom is 0.268 e. The van der Waals surface area contributed by atoms with Crippen molar-refractivity contribution >= 4 is 34.8 Å². The zero-order valence-electron chi connectivity index (χ0n) is 16.5. The van der Waals surface area contributed by atoms with Crippen LogP contribution in [0.2, 0.25) is 5.02 Å². The molecule has 0 spiro atoms. The number of ether oxygens (including phenoxy) is 1. The number of hydrogen-bond donors (Lipinski definition) is 1. The molecule has 0 radical (unpaired) electrons. The molecule has 158 valence electrons. The van der Waals surface area contributed by atoms with Gasteiger partial charge in [-0.15, -0.1) is 16.4 Å². The van der Waals surface area contributed by atoms with E-state index in [-0.39, 0.29) is 17.7 Å². The number of aryl methyl sites for hydroxylation is 1. The van der Waals surface area contributed by atoms with Gasteiger partial charge in [0.2, 0.25) is 5.95 Å². The molecular formula is C22H18ClFN4O2S. The molecule has 2 aromatic carbocycles. The molecule has 9 heteroatoms. The van der Waals surface area contributed by atoms with Gasteiger partial charge in [0.05, 0.1) is 11.4 Å². The second-order valence-electron chi connectivity index (χ2n) is 6.87. The number of aromatic nitrogens is 3. The summed E-state index contributed by atoms with van der Waals surface area (Å²) in [5.74, 6) is 0.285. The topological polar surface area (TPSA) is 69.0 Å². The number of anilines is 1. The maximum atomic E-state index is 13.3. The summed E-state index contributed by atoms with van der Waals surface area (Å²) in [6, 6.07) is 13.5. The third-order valence-corrected chi connectivity index (χ3v) is 5.81. The van der Waals surface area contributed by atoms with Crippen LogP contribution in [-0.2, 0) is 13.2 Å². The molecule has 0 atom stereocenters. The van der Waals surface area contributed by atoms with Gasteiger partial charge in [0.1, 0.15) is 24.5 Å². The normalized spacial score (nSPS) is 10.8. The van der Waals surface area contributed by atoms with E-state index in [9.17, 15) is 9.18 Å². The van der Waals surface area contributed by atoms with Crippen molar-refractivity contribution in [3.8, 4) is 5.75 Å². The molecule has 4 rings (SSSR count). The smallest absolute Gasteiger partial charge is 0.268 e. The number of amides is 1. The molecule has 4 aromatic rings. The van der Waals surface area contributed by atoms with Crippen LogP contribution in [-0.4, -0.2) is 20.7 Å². The monoisotopic (exact) mass is 456 g/mol. The first-order valence-electron chi connectivity index (χ1n) is 9.38. The predicted molar refractivity (Wildman–Crippen MR) is 118 cm³/mol. The van der Waals surface area contributed by atoms with Gasteiger partial charge in [0.15, 0.2) is 0 Å². The van der Waals surface area contributed by atoms with Crippen molar-refractivity contribution in [2.45, 2.75) is 20.1 Å². The quantitative estimate of drug-likeness (QED) is 0.408. The van der Waals surface area contributed by atoms with Crippen LogP contribution in [0.1, 0.15) is 26.4 Å². The van der Waals surface area contributed by atoms with E-state index in [4.69, 9.17) is 16.3 Å². The van der Waals surface area contributed by atoms with Crippen LogP contribution >= 0.6 is 22.9 Å². The van der Waals surface area contributed by atoms with Crippen molar-refractivity contribution in [3.05, 3.63) is 92.6 Å². The highest BCUT2D eigenvalue weighted by molar-refractivity contribution is 7.12. The van der Waals surface area contributed by atoms with Gasteiger partial charge >= 0.3 is 0 Å². The van der Waals surface area contributed by atoms with Crippen LogP contribution in [0.25, 0.3) is 0 Å². The predicted octanol–water partition coefficient (Wildman–Crippen LogP) is 5.32.